The van der Waals surface area contributed by atoms with Crippen molar-refractivity contribution in [1.29, 1.82) is 0 Å². The lowest BCUT2D eigenvalue weighted by Crippen LogP contribution is -1.95. The van der Waals surface area contributed by atoms with Crippen LogP contribution >= 0.6 is 0 Å². The monoisotopic (exact) mass is 220 g/mol. The number of furan rings is 1. The summed E-state index contributed by atoms with van der Waals surface area (Å²) in [6, 6.07) is 5.85. The molecule has 2 nitrogen and oxygen atoms in total. The third-order valence-electron chi connectivity index (χ3n) is 2.51. The summed E-state index contributed by atoms with van der Waals surface area (Å²) in [7, 11) is 0. The van der Waals surface area contributed by atoms with Crippen molar-refractivity contribution in [2.75, 3.05) is 0 Å². The van der Waals surface area contributed by atoms with Gasteiger partial charge in [-0.25, -0.2) is 4.39 Å². The summed E-state index contributed by atoms with van der Waals surface area (Å²) in [5, 5.41) is 0.639. The van der Waals surface area contributed by atoms with Gasteiger partial charge in [-0.15, -0.1) is 0 Å². The first-order valence-corrected chi connectivity index (χ1v) is 5.43. The van der Waals surface area contributed by atoms with E-state index in [2.05, 4.69) is 0 Å². The lowest BCUT2D eigenvalue weighted by atomic mass is 10.1. The number of halogens is 1. The zero-order valence-corrected chi connectivity index (χ0v) is 9.13. The minimum atomic E-state index is -0.319. The number of hydrogen-bond acceptors (Lipinski definition) is 2. The first kappa shape index (κ1) is 10.9. The molecule has 84 valence electrons. The Bertz CT molecular complexity index is 514. The van der Waals surface area contributed by atoms with Gasteiger partial charge in [0, 0.05) is 11.8 Å². The average molecular weight is 220 g/mol. The van der Waals surface area contributed by atoms with E-state index in [0.717, 1.165) is 12.8 Å². The summed E-state index contributed by atoms with van der Waals surface area (Å²) < 4.78 is 18.3. The first-order valence-electron chi connectivity index (χ1n) is 5.43. The predicted octanol–water partition coefficient (Wildman–Crippen LogP) is 3.94. The molecular formula is C13H13FO2. The van der Waals surface area contributed by atoms with Gasteiger partial charge in [-0.05, 0) is 30.7 Å². The Morgan fingerprint density at radius 1 is 1.38 bits per heavy atom. The first-order chi connectivity index (χ1) is 7.70. The van der Waals surface area contributed by atoms with Gasteiger partial charge in [-0.3, -0.25) is 4.79 Å². The Hall–Kier alpha value is -1.64. The summed E-state index contributed by atoms with van der Waals surface area (Å²) in [6.45, 7) is 2.03. The third-order valence-corrected chi connectivity index (χ3v) is 2.51. The number of benzene rings is 1. The van der Waals surface area contributed by atoms with Crippen LogP contribution in [0.1, 0.15) is 36.7 Å². The highest BCUT2D eigenvalue weighted by molar-refractivity contribution is 5.97. The molecule has 0 aliphatic carbocycles. The van der Waals surface area contributed by atoms with E-state index in [1.807, 2.05) is 6.92 Å². The second kappa shape index (κ2) is 4.47. The zero-order chi connectivity index (χ0) is 11.5. The van der Waals surface area contributed by atoms with Gasteiger partial charge in [0.1, 0.15) is 11.4 Å². The van der Waals surface area contributed by atoms with Gasteiger partial charge in [0.05, 0.1) is 0 Å². The quantitative estimate of drug-likeness (QED) is 0.730. The predicted molar refractivity (Wildman–Crippen MR) is 60.0 cm³/mol. The fourth-order valence-corrected chi connectivity index (χ4v) is 1.61. The zero-order valence-electron chi connectivity index (χ0n) is 9.13. The molecule has 0 saturated heterocycles. The smallest absolute Gasteiger partial charge is 0.198 e. The van der Waals surface area contributed by atoms with Gasteiger partial charge in [0.25, 0.3) is 0 Å². The molecule has 1 aromatic heterocycles. The van der Waals surface area contributed by atoms with E-state index in [-0.39, 0.29) is 11.6 Å². The maximum atomic E-state index is 12.9. The number of rotatable bonds is 4. The molecule has 1 heterocycles. The summed E-state index contributed by atoms with van der Waals surface area (Å²) in [5.41, 5.74) is 0.557. The van der Waals surface area contributed by atoms with Gasteiger partial charge in [-0.2, -0.15) is 0 Å². The molecule has 0 aliphatic rings. The van der Waals surface area contributed by atoms with Crippen LogP contribution in [-0.2, 0) is 0 Å². The average Bonchev–Trinajstić information content (AvgIpc) is 2.68. The molecule has 0 fully saturated rings. The van der Waals surface area contributed by atoms with E-state index in [1.165, 1.54) is 12.1 Å². The maximum absolute atomic E-state index is 12.9. The molecule has 0 unspecified atom stereocenters. The molecule has 0 saturated carbocycles. The molecule has 0 bridgehead atoms. The fourth-order valence-electron chi connectivity index (χ4n) is 1.61. The van der Waals surface area contributed by atoms with Crippen LogP contribution in [0, 0.1) is 5.82 Å². The molecule has 0 atom stereocenters. The van der Waals surface area contributed by atoms with Crippen LogP contribution in [0.3, 0.4) is 0 Å². The number of Topliss-reactive ketones (excluding diaryl/α,β-unsaturated/α-hetero) is 1. The van der Waals surface area contributed by atoms with Crippen LogP contribution in [0.25, 0.3) is 11.0 Å². The van der Waals surface area contributed by atoms with E-state index >= 15 is 0 Å². The molecule has 1 aromatic carbocycles. The van der Waals surface area contributed by atoms with Gasteiger partial charge >= 0.3 is 0 Å². The van der Waals surface area contributed by atoms with Crippen LogP contribution in [0.4, 0.5) is 4.39 Å². The highest BCUT2D eigenvalue weighted by atomic mass is 19.1. The minimum absolute atomic E-state index is 0.0153. The molecular weight excluding hydrogens is 207 g/mol. The minimum Gasteiger partial charge on any atom is -0.453 e. The van der Waals surface area contributed by atoms with E-state index in [4.69, 9.17) is 4.42 Å². The summed E-state index contributed by atoms with van der Waals surface area (Å²) in [4.78, 5) is 11.7. The van der Waals surface area contributed by atoms with Gasteiger partial charge in [0.15, 0.2) is 11.5 Å². The second-order valence-corrected chi connectivity index (χ2v) is 3.82. The van der Waals surface area contributed by atoms with Crippen molar-refractivity contribution in [2.24, 2.45) is 0 Å². The van der Waals surface area contributed by atoms with Crippen molar-refractivity contribution in [2.45, 2.75) is 26.2 Å². The van der Waals surface area contributed by atoms with Gasteiger partial charge in [-0.1, -0.05) is 13.3 Å². The molecule has 3 heteroatoms. The Morgan fingerprint density at radius 2 is 2.19 bits per heavy atom. The molecule has 0 radical (unpaired) electrons. The number of hydrogen-bond donors (Lipinski definition) is 0. The normalized spacial score (nSPS) is 10.9. The lowest BCUT2D eigenvalue weighted by molar-refractivity contribution is 0.0955. The van der Waals surface area contributed by atoms with Crippen molar-refractivity contribution in [3.05, 3.63) is 35.8 Å². The molecule has 16 heavy (non-hydrogen) atoms. The van der Waals surface area contributed by atoms with Crippen LogP contribution in [0.2, 0.25) is 0 Å². The maximum Gasteiger partial charge on any atom is 0.198 e. The van der Waals surface area contributed by atoms with Crippen LogP contribution < -0.4 is 0 Å². The van der Waals surface area contributed by atoms with Gasteiger partial charge < -0.3 is 4.42 Å². The number of carbonyl (C=O) groups is 1. The summed E-state index contributed by atoms with van der Waals surface area (Å²) in [5.74, 6) is -0.00614. The number of fused-ring (bicyclic) bond motifs is 1. The lowest BCUT2D eigenvalue weighted by Gasteiger charge is -1.93. The Labute approximate surface area is 93.1 Å². The van der Waals surface area contributed by atoms with Crippen LogP contribution in [-0.4, -0.2) is 5.78 Å². The van der Waals surface area contributed by atoms with Crippen molar-refractivity contribution in [3.8, 4) is 0 Å². The highest BCUT2D eigenvalue weighted by Gasteiger charge is 2.11. The Kier molecular flexibility index (Phi) is 3.04. The molecule has 0 amide bonds. The van der Waals surface area contributed by atoms with E-state index < -0.39 is 0 Å². The number of ketones is 1. The van der Waals surface area contributed by atoms with E-state index in [9.17, 15) is 9.18 Å². The standard InChI is InChI=1S/C13H13FO2/c1-2-3-4-11(15)13-8-9-7-10(14)5-6-12(9)16-13/h5-8H,2-4H2,1H3. The Balaban J connectivity index is 2.28. The van der Waals surface area contributed by atoms with E-state index in [0.29, 0.717) is 23.2 Å². The SMILES string of the molecule is CCCCC(=O)c1cc2cc(F)ccc2o1. The summed E-state index contributed by atoms with van der Waals surface area (Å²) in [6.07, 6.45) is 2.31. The van der Waals surface area contributed by atoms with Crippen molar-refractivity contribution < 1.29 is 13.6 Å². The fraction of sp³-hybridized carbons (Fsp3) is 0.308. The van der Waals surface area contributed by atoms with Crippen molar-refractivity contribution >= 4 is 16.8 Å². The molecule has 2 rings (SSSR count). The third kappa shape index (κ3) is 2.13. The molecule has 2 aromatic rings. The number of unbranched alkanes of at least 4 members (excludes halogenated alkanes) is 1. The molecule has 0 aliphatic heterocycles. The highest BCUT2D eigenvalue weighted by Crippen LogP contribution is 2.21. The van der Waals surface area contributed by atoms with Crippen LogP contribution in [0.5, 0.6) is 0 Å². The second-order valence-electron chi connectivity index (χ2n) is 3.82. The van der Waals surface area contributed by atoms with Crippen LogP contribution in [0.15, 0.2) is 28.7 Å². The van der Waals surface area contributed by atoms with Crippen molar-refractivity contribution in [3.63, 3.8) is 0 Å². The molecule has 0 N–H and O–H groups in total. The molecule has 0 spiro atoms. The van der Waals surface area contributed by atoms with Gasteiger partial charge in [0.2, 0.25) is 0 Å². The largest absolute Gasteiger partial charge is 0.453 e. The summed E-state index contributed by atoms with van der Waals surface area (Å²) >= 11 is 0. The Morgan fingerprint density at radius 3 is 2.94 bits per heavy atom. The van der Waals surface area contributed by atoms with Crippen molar-refractivity contribution in [1.82, 2.24) is 0 Å². The topological polar surface area (TPSA) is 30.2 Å². The van der Waals surface area contributed by atoms with E-state index in [1.54, 1.807) is 12.1 Å². The number of carbonyl (C=O) groups excluding carboxylic acids is 1.